The number of benzene rings is 2. The van der Waals surface area contributed by atoms with Crippen LogP contribution in [0.1, 0.15) is 31.1 Å². The van der Waals surface area contributed by atoms with Crippen LogP contribution in [0.15, 0.2) is 35.1 Å². The summed E-state index contributed by atoms with van der Waals surface area (Å²) in [5, 5.41) is 2.87. The molecule has 0 saturated carbocycles. The molecule has 1 N–H and O–H groups in total. The highest BCUT2D eigenvalue weighted by Gasteiger charge is 2.18. The molecule has 29 heavy (non-hydrogen) atoms. The number of thiazole rings is 1. The first kappa shape index (κ1) is 20.7. The largest absolute Gasteiger partial charge is 0.490 e. The maximum atomic E-state index is 12.9. The average molecular weight is 416 g/mol. The number of carbonyl (C=O) groups is 1. The van der Waals surface area contributed by atoms with Crippen LogP contribution >= 0.6 is 11.3 Å². The third-order valence-electron chi connectivity index (χ3n) is 4.22. The van der Waals surface area contributed by atoms with E-state index in [4.69, 9.17) is 14.2 Å². The van der Waals surface area contributed by atoms with Crippen molar-refractivity contribution in [2.45, 2.75) is 20.8 Å². The van der Waals surface area contributed by atoms with Crippen molar-refractivity contribution in [1.82, 2.24) is 4.57 Å². The number of aromatic nitrogens is 1. The van der Waals surface area contributed by atoms with E-state index >= 15 is 0 Å². The van der Waals surface area contributed by atoms with Gasteiger partial charge in [-0.05, 0) is 51.1 Å². The number of ether oxygens (including phenoxy) is 3. The minimum absolute atomic E-state index is 0.0438. The van der Waals surface area contributed by atoms with Gasteiger partial charge in [-0.3, -0.25) is 9.59 Å². The van der Waals surface area contributed by atoms with E-state index in [1.54, 1.807) is 35.9 Å². The highest BCUT2D eigenvalue weighted by atomic mass is 32.1. The molecule has 0 aliphatic heterocycles. The number of aryl methyl sites for hydroxylation is 1. The zero-order valence-corrected chi connectivity index (χ0v) is 17.7. The smallest absolute Gasteiger partial charge is 0.307 e. The molecule has 2 aromatic carbocycles. The van der Waals surface area contributed by atoms with Gasteiger partial charge in [0.15, 0.2) is 11.5 Å². The molecule has 0 saturated heterocycles. The number of amides is 1. The molecule has 154 valence electrons. The number of hydrogen-bond acceptors (Lipinski definition) is 6. The monoisotopic (exact) mass is 416 g/mol. The zero-order chi connectivity index (χ0) is 21.0. The van der Waals surface area contributed by atoms with Gasteiger partial charge in [-0.25, -0.2) is 0 Å². The van der Waals surface area contributed by atoms with E-state index in [9.17, 15) is 9.59 Å². The van der Waals surface area contributed by atoms with Crippen LogP contribution in [0.4, 0.5) is 5.69 Å². The van der Waals surface area contributed by atoms with Crippen molar-refractivity contribution in [3.63, 3.8) is 0 Å². The lowest BCUT2D eigenvalue weighted by Crippen LogP contribution is -2.13. The average Bonchev–Trinajstić information content (AvgIpc) is 2.97. The Kier molecular flexibility index (Phi) is 6.43. The predicted octanol–water partition coefficient (Wildman–Crippen LogP) is 4.05. The molecule has 7 nitrogen and oxygen atoms in total. The molecular weight excluding hydrogens is 392 g/mol. The van der Waals surface area contributed by atoms with Gasteiger partial charge < -0.3 is 24.1 Å². The van der Waals surface area contributed by atoms with Crippen molar-refractivity contribution in [2.24, 2.45) is 7.05 Å². The molecule has 0 bridgehead atoms. The number of nitrogens with one attached hydrogen (secondary N) is 1. The number of fused-ring (bicyclic) bond motifs is 1. The first-order chi connectivity index (χ1) is 14.0. The number of anilines is 1. The lowest BCUT2D eigenvalue weighted by Gasteiger charge is -2.17. The van der Waals surface area contributed by atoms with Gasteiger partial charge in [-0.2, -0.15) is 0 Å². The van der Waals surface area contributed by atoms with Crippen LogP contribution < -0.4 is 24.4 Å². The Morgan fingerprint density at radius 1 is 1.00 bits per heavy atom. The summed E-state index contributed by atoms with van der Waals surface area (Å²) in [6, 6.07) is 8.67. The molecule has 3 aromatic rings. The van der Waals surface area contributed by atoms with E-state index in [1.807, 2.05) is 26.8 Å². The summed E-state index contributed by atoms with van der Waals surface area (Å²) in [5.41, 5.74) is 1.83. The normalized spacial score (nSPS) is 10.8. The van der Waals surface area contributed by atoms with Crippen molar-refractivity contribution in [3.8, 4) is 17.2 Å². The van der Waals surface area contributed by atoms with Gasteiger partial charge in [0.2, 0.25) is 5.75 Å². The van der Waals surface area contributed by atoms with Crippen molar-refractivity contribution < 1.29 is 19.0 Å². The highest BCUT2D eigenvalue weighted by molar-refractivity contribution is 7.16. The van der Waals surface area contributed by atoms with Gasteiger partial charge in [0, 0.05) is 18.3 Å². The van der Waals surface area contributed by atoms with E-state index in [1.165, 1.54) is 0 Å². The van der Waals surface area contributed by atoms with Crippen LogP contribution in [-0.2, 0) is 7.05 Å². The molecule has 1 aromatic heterocycles. The first-order valence-electron chi connectivity index (χ1n) is 9.45. The molecule has 0 fully saturated rings. The highest BCUT2D eigenvalue weighted by Crippen LogP contribution is 2.39. The van der Waals surface area contributed by atoms with Crippen molar-refractivity contribution in [3.05, 3.63) is 45.6 Å². The van der Waals surface area contributed by atoms with E-state index in [2.05, 4.69) is 5.32 Å². The first-order valence-corrected chi connectivity index (χ1v) is 10.3. The van der Waals surface area contributed by atoms with Gasteiger partial charge in [-0.15, -0.1) is 0 Å². The second-order valence-corrected chi connectivity index (χ2v) is 7.16. The molecular formula is C21H24N2O5S. The zero-order valence-electron chi connectivity index (χ0n) is 16.9. The Morgan fingerprint density at radius 2 is 1.62 bits per heavy atom. The van der Waals surface area contributed by atoms with Crippen LogP contribution in [0.2, 0.25) is 0 Å². The Balaban J connectivity index is 1.94. The minimum Gasteiger partial charge on any atom is -0.490 e. The van der Waals surface area contributed by atoms with Crippen LogP contribution in [0, 0.1) is 0 Å². The molecule has 8 heteroatoms. The van der Waals surface area contributed by atoms with E-state index in [-0.39, 0.29) is 10.8 Å². The lowest BCUT2D eigenvalue weighted by molar-refractivity contribution is 0.102. The fraction of sp³-hybridized carbons (Fsp3) is 0.333. The molecule has 0 unspecified atom stereocenters. The minimum atomic E-state index is -0.308. The van der Waals surface area contributed by atoms with Gasteiger partial charge in [-0.1, -0.05) is 11.3 Å². The lowest BCUT2D eigenvalue weighted by atomic mass is 10.1. The molecule has 0 aliphatic rings. The molecule has 0 spiro atoms. The van der Waals surface area contributed by atoms with E-state index in [0.717, 1.165) is 21.6 Å². The summed E-state index contributed by atoms with van der Waals surface area (Å²) in [4.78, 5) is 24.7. The Labute approximate surface area is 172 Å². The van der Waals surface area contributed by atoms with Crippen LogP contribution in [0.5, 0.6) is 17.2 Å². The fourth-order valence-electron chi connectivity index (χ4n) is 2.93. The standard InChI is InChI=1S/C21H24N2O5S/c1-5-26-16-10-13(11-17(27-6-2)19(16)28-7-3)20(24)22-14-8-9-15-18(12-14)29-21(25)23(15)4/h8-12H,5-7H2,1-4H3,(H,22,24). The summed E-state index contributed by atoms with van der Waals surface area (Å²) in [5.74, 6) is 1.10. The maximum absolute atomic E-state index is 12.9. The summed E-state index contributed by atoms with van der Waals surface area (Å²) < 4.78 is 19.4. The summed E-state index contributed by atoms with van der Waals surface area (Å²) >= 11 is 1.14. The third-order valence-corrected chi connectivity index (χ3v) is 5.22. The van der Waals surface area contributed by atoms with Gasteiger partial charge in [0.1, 0.15) is 0 Å². The number of carbonyl (C=O) groups excluding carboxylic acids is 1. The number of rotatable bonds is 8. The van der Waals surface area contributed by atoms with Crippen LogP contribution in [0.3, 0.4) is 0 Å². The summed E-state index contributed by atoms with van der Waals surface area (Å²) in [6.07, 6.45) is 0. The van der Waals surface area contributed by atoms with Crippen molar-refractivity contribution in [2.75, 3.05) is 25.1 Å². The second kappa shape index (κ2) is 9.00. The van der Waals surface area contributed by atoms with Crippen LogP contribution in [0.25, 0.3) is 10.2 Å². The van der Waals surface area contributed by atoms with Gasteiger partial charge in [0.05, 0.1) is 30.0 Å². The van der Waals surface area contributed by atoms with Crippen molar-refractivity contribution >= 4 is 33.1 Å². The van der Waals surface area contributed by atoms with Crippen LogP contribution in [-0.4, -0.2) is 30.3 Å². The molecule has 3 rings (SSSR count). The Hall–Kier alpha value is -3.00. The van der Waals surface area contributed by atoms with Gasteiger partial charge >= 0.3 is 4.87 Å². The topological polar surface area (TPSA) is 78.8 Å². The molecule has 1 amide bonds. The second-order valence-electron chi connectivity index (χ2n) is 6.16. The number of nitrogens with zero attached hydrogens (tertiary/aromatic N) is 1. The summed E-state index contributed by atoms with van der Waals surface area (Å²) in [6.45, 7) is 6.92. The molecule has 0 radical (unpaired) electrons. The maximum Gasteiger partial charge on any atom is 0.307 e. The third kappa shape index (κ3) is 4.37. The van der Waals surface area contributed by atoms with E-state index < -0.39 is 0 Å². The molecule has 0 aliphatic carbocycles. The number of hydrogen-bond donors (Lipinski definition) is 1. The Bertz CT molecular complexity index is 1060. The van der Waals surface area contributed by atoms with Gasteiger partial charge in [0.25, 0.3) is 5.91 Å². The van der Waals surface area contributed by atoms with E-state index in [0.29, 0.717) is 48.3 Å². The fourth-order valence-corrected chi connectivity index (χ4v) is 3.85. The molecule has 1 heterocycles. The SMILES string of the molecule is CCOc1cc(C(=O)Nc2ccc3c(c2)sc(=O)n3C)cc(OCC)c1OCC. The summed E-state index contributed by atoms with van der Waals surface area (Å²) in [7, 11) is 1.73. The quantitative estimate of drug-likeness (QED) is 0.599. The van der Waals surface area contributed by atoms with Crippen molar-refractivity contribution in [1.29, 1.82) is 0 Å². The predicted molar refractivity (Wildman–Crippen MR) is 115 cm³/mol. The molecule has 0 atom stereocenters. The Morgan fingerprint density at radius 3 is 2.21 bits per heavy atom.